The molecule has 0 bridgehead atoms. The molecule has 5 nitrogen and oxygen atoms in total. The van der Waals surface area contributed by atoms with Crippen LogP contribution in [0.1, 0.15) is 0 Å². The van der Waals surface area contributed by atoms with Gasteiger partial charge in [-0.3, -0.25) is 10.1 Å². The summed E-state index contributed by atoms with van der Waals surface area (Å²) in [4.78, 5) is 9.62. The largest absolute Gasteiger partial charge is 0.504 e. The molecule has 0 amide bonds. The van der Waals surface area contributed by atoms with Gasteiger partial charge in [-0.05, 0) is 6.07 Å². The molecule has 0 fully saturated rings. The van der Waals surface area contributed by atoms with Crippen LogP contribution in [0.5, 0.6) is 11.5 Å². The number of benzene rings is 1. The van der Waals surface area contributed by atoms with Crippen molar-refractivity contribution in [3.63, 3.8) is 0 Å². The minimum Gasteiger partial charge on any atom is -0.504 e. The first-order chi connectivity index (χ1) is 5.65. The van der Waals surface area contributed by atoms with Gasteiger partial charge in [0, 0.05) is 35.6 Å². The maximum absolute atomic E-state index is 10.2. The average Bonchev–Trinajstić information content (AvgIpc) is 2.04. The molecule has 1 N–H and O–H groups in total. The van der Waals surface area contributed by atoms with Crippen molar-refractivity contribution >= 4 is 35.2 Å². The molecule has 0 saturated heterocycles. The molecule has 1 rings (SSSR count). The maximum atomic E-state index is 10.2. The van der Waals surface area contributed by atoms with E-state index < -0.39 is 4.92 Å². The summed E-state index contributed by atoms with van der Waals surface area (Å²) in [5, 5.41) is 19.3. The van der Waals surface area contributed by atoms with Crippen LogP contribution in [0.2, 0.25) is 0 Å². The molecule has 1 aromatic carbocycles. The Balaban J connectivity index is 0.00000144. The van der Waals surface area contributed by atoms with E-state index in [0.717, 1.165) is 6.07 Å². The number of non-ortho nitro benzene ring substituents is 1. The number of nitro groups is 1. The van der Waals surface area contributed by atoms with Gasteiger partial charge in [0.05, 0.1) is 18.1 Å². The number of nitrogens with zero attached hydrogens (tertiary/aromatic N) is 1. The standard InChI is InChI=1S/C7H7NO4.Na/c1-12-7-3-2-5(8(10)11)4-6(7)9;/h2-4,9H,1H3;. The summed E-state index contributed by atoms with van der Waals surface area (Å²) < 4.78 is 4.71. The van der Waals surface area contributed by atoms with Gasteiger partial charge in [0.25, 0.3) is 5.69 Å². The zero-order chi connectivity index (χ0) is 9.14. The molecule has 0 aliphatic rings. The summed E-state index contributed by atoms with van der Waals surface area (Å²) in [5.74, 6) is -0.00713. The fourth-order valence-corrected chi connectivity index (χ4v) is 0.792. The number of ether oxygens (including phenoxy) is 1. The first-order valence-corrected chi connectivity index (χ1v) is 3.16. The van der Waals surface area contributed by atoms with Crippen LogP contribution >= 0.6 is 0 Å². The second kappa shape index (κ2) is 5.06. The summed E-state index contributed by atoms with van der Waals surface area (Å²) in [6.07, 6.45) is 0. The van der Waals surface area contributed by atoms with Crippen LogP contribution in [0.15, 0.2) is 18.2 Å². The maximum Gasteiger partial charge on any atom is 0.273 e. The van der Waals surface area contributed by atoms with Crippen LogP contribution in [0.25, 0.3) is 0 Å². The van der Waals surface area contributed by atoms with Crippen molar-refractivity contribution in [2.45, 2.75) is 0 Å². The first kappa shape index (κ1) is 12.2. The van der Waals surface area contributed by atoms with E-state index in [0.29, 0.717) is 0 Å². The van der Waals surface area contributed by atoms with Crippen molar-refractivity contribution in [2.75, 3.05) is 7.11 Å². The third-order valence-corrected chi connectivity index (χ3v) is 1.37. The predicted octanol–water partition coefficient (Wildman–Crippen LogP) is 0.928. The number of methoxy groups -OCH3 is 1. The van der Waals surface area contributed by atoms with Crippen molar-refractivity contribution in [1.82, 2.24) is 0 Å². The summed E-state index contributed by atoms with van der Waals surface area (Å²) in [6.45, 7) is 0. The average molecular weight is 192 g/mol. The van der Waals surface area contributed by atoms with E-state index in [-0.39, 0.29) is 46.7 Å². The molecule has 0 aliphatic carbocycles. The van der Waals surface area contributed by atoms with Gasteiger partial charge in [-0.25, -0.2) is 0 Å². The molecular formula is C7H7NNaO4. The Labute approximate surface area is 96.8 Å². The molecule has 0 saturated carbocycles. The van der Waals surface area contributed by atoms with Crippen LogP contribution in [0.3, 0.4) is 0 Å². The minimum absolute atomic E-state index is 0. The normalized spacial score (nSPS) is 8.69. The van der Waals surface area contributed by atoms with Crippen LogP contribution in [0.4, 0.5) is 5.69 Å². The monoisotopic (exact) mass is 192 g/mol. The molecule has 0 aliphatic heterocycles. The van der Waals surface area contributed by atoms with Crippen LogP contribution in [0, 0.1) is 10.1 Å². The number of phenolic OH excluding ortho intramolecular Hbond substituents is 1. The fraction of sp³-hybridized carbons (Fsp3) is 0.143. The molecule has 0 heterocycles. The first-order valence-electron chi connectivity index (χ1n) is 3.16. The number of rotatable bonds is 2. The van der Waals surface area contributed by atoms with E-state index >= 15 is 0 Å². The third-order valence-electron chi connectivity index (χ3n) is 1.37. The van der Waals surface area contributed by atoms with Crippen molar-refractivity contribution in [2.24, 2.45) is 0 Å². The Hall–Kier alpha value is -0.780. The van der Waals surface area contributed by atoms with Gasteiger partial charge in [-0.1, -0.05) is 0 Å². The quantitative estimate of drug-likeness (QED) is 0.429. The number of hydrogen-bond donors (Lipinski definition) is 1. The molecule has 0 spiro atoms. The second-order valence-electron chi connectivity index (χ2n) is 2.11. The molecule has 0 aromatic heterocycles. The molecule has 1 aromatic rings. The topological polar surface area (TPSA) is 72.6 Å². The predicted molar refractivity (Wildman–Crippen MR) is 47.1 cm³/mol. The van der Waals surface area contributed by atoms with Gasteiger partial charge in [-0.2, -0.15) is 0 Å². The van der Waals surface area contributed by atoms with E-state index in [2.05, 4.69) is 0 Å². The summed E-state index contributed by atoms with van der Waals surface area (Å²) in [7, 11) is 1.38. The molecule has 65 valence electrons. The Kier molecular flexibility index (Phi) is 4.76. The van der Waals surface area contributed by atoms with Gasteiger partial charge in [-0.15, -0.1) is 0 Å². The number of phenols is 1. The van der Waals surface area contributed by atoms with Gasteiger partial charge >= 0.3 is 0 Å². The number of nitro benzene ring substituents is 1. The van der Waals surface area contributed by atoms with E-state index in [1.165, 1.54) is 19.2 Å². The van der Waals surface area contributed by atoms with Gasteiger partial charge in [0.15, 0.2) is 11.5 Å². The molecular weight excluding hydrogens is 185 g/mol. The van der Waals surface area contributed by atoms with Gasteiger partial charge < -0.3 is 9.84 Å². The fourth-order valence-electron chi connectivity index (χ4n) is 0.792. The third kappa shape index (κ3) is 2.87. The Morgan fingerprint density at radius 1 is 1.54 bits per heavy atom. The zero-order valence-corrected chi connectivity index (χ0v) is 9.35. The summed E-state index contributed by atoms with van der Waals surface area (Å²) in [5.41, 5.74) is -0.159. The van der Waals surface area contributed by atoms with Crippen molar-refractivity contribution in [3.05, 3.63) is 28.3 Å². The van der Waals surface area contributed by atoms with Crippen LogP contribution in [-0.2, 0) is 0 Å². The Bertz CT molecular complexity index is 315. The van der Waals surface area contributed by atoms with Crippen molar-refractivity contribution in [3.8, 4) is 11.5 Å². The molecule has 0 unspecified atom stereocenters. The second-order valence-corrected chi connectivity index (χ2v) is 2.11. The van der Waals surface area contributed by atoms with Crippen LogP contribution in [-0.4, -0.2) is 46.7 Å². The number of aromatic hydroxyl groups is 1. The van der Waals surface area contributed by atoms with Crippen molar-refractivity contribution < 1.29 is 14.8 Å². The van der Waals surface area contributed by atoms with E-state index in [4.69, 9.17) is 9.84 Å². The number of hydrogen-bond acceptors (Lipinski definition) is 4. The van der Waals surface area contributed by atoms with E-state index in [1.807, 2.05) is 0 Å². The SMILES string of the molecule is COc1ccc([N+](=O)[O-])cc1O.[Na]. The molecule has 6 heteroatoms. The van der Waals surface area contributed by atoms with Gasteiger partial charge in [0.1, 0.15) is 0 Å². The molecule has 13 heavy (non-hydrogen) atoms. The van der Waals surface area contributed by atoms with E-state index in [1.54, 1.807) is 0 Å². The van der Waals surface area contributed by atoms with Crippen molar-refractivity contribution in [1.29, 1.82) is 0 Å². The minimum atomic E-state index is -0.584. The molecule has 1 radical (unpaired) electrons. The van der Waals surface area contributed by atoms with Crippen LogP contribution < -0.4 is 4.74 Å². The van der Waals surface area contributed by atoms with Gasteiger partial charge in [0.2, 0.25) is 0 Å². The Morgan fingerprint density at radius 3 is 2.54 bits per heavy atom. The smallest absolute Gasteiger partial charge is 0.273 e. The summed E-state index contributed by atoms with van der Waals surface area (Å²) in [6, 6.07) is 3.64. The molecule has 0 atom stereocenters. The summed E-state index contributed by atoms with van der Waals surface area (Å²) >= 11 is 0. The Morgan fingerprint density at radius 2 is 2.15 bits per heavy atom. The van der Waals surface area contributed by atoms with E-state index in [9.17, 15) is 10.1 Å². The zero-order valence-electron chi connectivity index (χ0n) is 7.35.